The van der Waals surface area contributed by atoms with Crippen molar-refractivity contribution in [3.63, 3.8) is 0 Å². The molecule has 0 spiro atoms. The maximum Gasteiger partial charge on any atom is 0.339 e. The van der Waals surface area contributed by atoms with Crippen LogP contribution in [0.4, 0.5) is 0 Å². The Kier molecular flexibility index (Phi) is 3.39. The van der Waals surface area contributed by atoms with Crippen molar-refractivity contribution in [2.45, 2.75) is 13.3 Å². The van der Waals surface area contributed by atoms with Crippen molar-refractivity contribution in [1.82, 2.24) is 4.98 Å². The molecule has 0 saturated carbocycles. The second-order valence-electron chi connectivity index (χ2n) is 3.51. The van der Waals surface area contributed by atoms with Crippen molar-refractivity contribution in [3.05, 3.63) is 29.7 Å². The number of hydrogen-bond acceptors (Lipinski definition) is 4. The van der Waals surface area contributed by atoms with Crippen LogP contribution in [-0.2, 0) is 11.2 Å². The van der Waals surface area contributed by atoms with Crippen LogP contribution >= 0.6 is 0 Å². The first kappa shape index (κ1) is 11.6. The summed E-state index contributed by atoms with van der Waals surface area (Å²) in [6.45, 7) is 3.07. The third-order valence-corrected chi connectivity index (χ3v) is 2.35. The standard InChI is InChI=1S/C12H13NO4/c1-2-16-7-6-10-13-9-5-3-4-8(12(14)15)11(9)17-10/h3-5H,2,6-7H2,1H3,(H,14,15). The number of fused-ring (bicyclic) bond motifs is 1. The molecule has 1 N–H and O–H groups in total. The Balaban J connectivity index is 2.30. The molecule has 2 rings (SSSR count). The molecule has 0 bridgehead atoms. The first-order valence-corrected chi connectivity index (χ1v) is 5.42. The Morgan fingerprint density at radius 1 is 1.53 bits per heavy atom. The predicted octanol–water partition coefficient (Wildman–Crippen LogP) is 2.10. The minimum Gasteiger partial charge on any atom is -0.478 e. The Labute approximate surface area is 98.0 Å². The fourth-order valence-electron chi connectivity index (χ4n) is 1.57. The van der Waals surface area contributed by atoms with Crippen molar-refractivity contribution in [2.75, 3.05) is 13.2 Å². The molecule has 0 fully saturated rings. The molecule has 0 amide bonds. The number of aromatic carboxylic acids is 1. The van der Waals surface area contributed by atoms with Gasteiger partial charge >= 0.3 is 5.97 Å². The van der Waals surface area contributed by atoms with Crippen LogP contribution in [0.1, 0.15) is 23.2 Å². The highest BCUT2D eigenvalue weighted by Gasteiger charge is 2.14. The summed E-state index contributed by atoms with van der Waals surface area (Å²) in [4.78, 5) is 15.2. The minimum atomic E-state index is -1.01. The van der Waals surface area contributed by atoms with Gasteiger partial charge in [-0.05, 0) is 19.1 Å². The molecule has 0 saturated heterocycles. The minimum absolute atomic E-state index is 0.137. The van der Waals surface area contributed by atoms with Gasteiger partial charge in [-0.15, -0.1) is 0 Å². The zero-order chi connectivity index (χ0) is 12.3. The van der Waals surface area contributed by atoms with Crippen LogP contribution in [-0.4, -0.2) is 29.3 Å². The SMILES string of the molecule is CCOCCc1nc2cccc(C(=O)O)c2o1. The summed E-state index contributed by atoms with van der Waals surface area (Å²) in [5, 5.41) is 8.99. The molecule has 90 valence electrons. The summed E-state index contributed by atoms with van der Waals surface area (Å²) in [5.74, 6) is -0.509. The van der Waals surface area contributed by atoms with Gasteiger partial charge < -0.3 is 14.3 Å². The summed E-state index contributed by atoms with van der Waals surface area (Å²) in [6.07, 6.45) is 0.543. The Morgan fingerprint density at radius 3 is 3.06 bits per heavy atom. The van der Waals surface area contributed by atoms with Gasteiger partial charge in [0, 0.05) is 13.0 Å². The molecule has 0 unspecified atom stereocenters. The summed E-state index contributed by atoms with van der Waals surface area (Å²) >= 11 is 0. The zero-order valence-electron chi connectivity index (χ0n) is 9.47. The maximum absolute atomic E-state index is 11.0. The fraction of sp³-hybridized carbons (Fsp3) is 0.333. The van der Waals surface area contributed by atoms with E-state index in [-0.39, 0.29) is 5.56 Å². The number of hydrogen-bond donors (Lipinski definition) is 1. The maximum atomic E-state index is 11.0. The molecular formula is C12H13NO4. The Bertz CT molecular complexity index is 532. The normalized spacial score (nSPS) is 10.9. The van der Waals surface area contributed by atoms with Gasteiger partial charge in [0.2, 0.25) is 0 Å². The molecule has 0 aliphatic rings. The van der Waals surface area contributed by atoms with Gasteiger partial charge in [-0.2, -0.15) is 0 Å². The quantitative estimate of drug-likeness (QED) is 0.803. The van der Waals surface area contributed by atoms with Gasteiger partial charge in [0.25, 0.3) is 0 Å². The molecule has 5 nitrogen and oxygen atoms in total. The largest absolute Gasteiger partial charge is 0.478 e. The number of nitrogens with zero attached hydrogens (tertiary/aromatic N) is 1. The third kappa shape index (κ3) is 2.45. The molecule has 0 aliphatic heterocycles. The van der Waals surface area contributed by atoms with Crippen LogP contribution in [0.25, 0.3) is 11.1 Å². The lowest BCUT2D eigenvalue weighted by molar-refractivity contribution is 0.0698. The van der Waals surface area contributed by atoms with Crippen molar-refractivity contribution < 1.29 is 19.1 Å². The highest BCUT2D eigenvalue weighted by Crippen LogP contribution is 2.20. The topological polar surface area (TPSA) is 72.6 Å². The lowest BCUT2D eigenvalue weighted by Crippen LogP contribution is -1.97. The smallest absolute Gasteiger partial charge is 0.339 e. The molecule has 0 aliphatic carbocycles. The summed E-state index contributed by atoms with van der Waals surface area (Å²) in [6, 6.07) is 4.89. The van der Waals surface area contributed by atoms with E-state index >= 15 is 0 Å². The van der Waals surface area contributed by atoms with E-state index in [1.165, 1.54) is 6.07 Å². The predicted molar refractivity (Wildman–Crippen MR) is 61.2 cm³/mol. The van der Waals surface area contributed by atoms with E-state index in [0.717, 1.165) is 0 Å². The fourth-order valence-corrected chi connectivity index (χ4v) is 1.57. The van der Waals surface area contributed by atoms with Crippen molar-refractivity contribution in [2.24, 2.45) is 0 Å². The van der Waals surface area contributed by atoms with Gasteiger partial charge in [0.05, 0.1) is 6.61 Å². The molecule has 5 heteroatoms. The number of carbonyl (C=O) groups is 1. The van der Waals surface area contributed by atoms with Crippen LogP contribution in [0.15, 0.2) is 22.6 Å². The van der Waals surface area contributed by atoms with Gasteiger partial charge in [0.1, 0.15) is 11.1 Å². The van der Waals surface area contributed by atoms with E-state index in [9.17, 15) is 4.79 Å². The van der Waals surface area contributed by atoms with Gasteiger partial charge in [-0.3, -0.25) is 0 Å². The van der Waals surface area contributed by atoms with Crippen molar-refractivity contribution in [3.8, 4) is 0 Å². The van der Waals surface area contributed by atoms with Crippen LogP contribution < -0.4 is 0 Å². The average molecular weight is 235 g/mol. The van der Waals surface area contributed by atoms with Crippen LogP contribution in [0.5, 0.6) is 0 Å². The van der Waals surface area contributed by atoms with E-state index < -0.39 is 5.97 Å². The average Bonchev–Trinajstić information content (AvgIpc) is 2.71. The second kappa shape index (κ2) is 4.97. The summed E-state index contributed by atoms with van der Waals surface area (Å²) < 4.78 is 10.6. The molecule has 1 heterocycles. The van der Waals surface area contributed by atoms with Crippen molar-refractivity contribution in [1.29, 1.82) is 0 Å². The van der Waals surface area contributed by atoms with Crippen LogP contribution in [0.2, 0.25) is 0 Å². The first-order chi connectivity index (χ1) is 8.22. The highest BCUT2D eigenvalue weighted by molar-refractivity contribution is 5.99. The number of rotatable bonds is 5. The number of aromatic nitrogens is 1. The number of para-hydroxylation sites is 1. The number of oxazole rings is 1. The van der Waals surface area contributed by atoms with E-state index in [4.69, 9.17) is 14.3 Å². The molecule has 17 heavy (non-hydrogen) atoms. The monoisotopic (exact) mass is 235 g/mol. The third-order valence-electron chi connectivity index (χ3n) is 2.35. The Hall–Kier alpha value is -1.88. The molecular weight excluding hydrogens is 222 g/mol. The van der Waals surface area contributed by atoms with E-state index in [1.54, 1.807) is 12.1 Å². The lowest BCUT2D eigenvalue weighted by atomic mass is 10.2. The second-order valence-corrected chi connectivity index (χ2v) is 3.51. The van der Waals surface area contributed by atoms with E-state index in [0.29, 0.717) is 36.6 Å². The molecule has 0 radical (unpaired) electrons. The Morgan fingerprint density at radius 2 is 2.35 bits per heavy atom. The number of ether oxygens (including phenoxy) is 1. The number of benzene rings is 1. The molecule has 2 aromatic rings. The summed E-state index contributed by atoms with van der Waals surface area (Å²) in [5.41, 5.74) is 1.03. The van der Waals surface area contributed by atoms with Crippen LogP contribution in [0, 0.1) is 0 Å². The molecule has 1 aromatic heterocycles. The number of carboxylic acid groups (broad SMARTS) is 1. The number of carboxylic acids is 1. The highest BCUT2D eigenvalue weighted by atomic mass is 16.5. The van der Waals surface area contributed by atoms with Gasteiger partial charge in [-0.25, -0.2) is 9.78 Å². The lowest BCUT2D eigenvalue weighted by Gasteiger charge is -1.96. The zero-order valence-corrected chi connectivity index (χ0v) is 9.47. The van der Waals surface area contributed by atoms with E-state index in [2.05, 4.69) is 4.98 Å². The first-order valence-electron chi connectivity index (χ1n) is 5.42. The van der Waals surface area contributed by atoms with Gasteiger partial charge in [-0.1, -0.05) is 6.07 Å². The van der Waals surface area contributed by atoms with Gasteiger partial charge in [0.15, 0.2) is 11.5 Å². The van der Waals surface area contributed by atoms with Crippen LogP contribution in [0.3, 0.4) is 0 Å². The van der Waals surface area contributed by atoms with Crippen molar-refractivity contribution >= 4 is 17.1 Å². The summed E-state index contributed by atoms with van der Waals surface area (Å²) in [7, 11) is 0. The molecule has 1 aromatic carbocycles. The molecule has 0 atom stereocenters. The van der Waals surface area contributed by atoms with E-state index in [1.807, 2.05) is 6.92 Å².